The molecule has 23 heavy (non-hydrogen) atoms. The largest absolute Gasteiger partial charge is 0.492 e. The van der Waals surface area contributed by atoms with Crippen LogP contribution in [-0.4, -0.2) is 17.8 Å². The monoisotopic (exact) mass is 328 g/mol. The Morgan fingerprint density at radius 2 is 1.78 bits per heavy atom. The molecule has 0 aliphatic rings. The van der Waals surface area contributed by atoms with E-state index in [0.717, 1.165) is 24.3 Å². The van der Waals surface area contributed by atoms with Crippen molar-refractivity contribution in [2.75, 3.05) is 11.9 Å². The molecule has 0 aliphatic heterocycles. The first-order valence-corrected chi connectivity index (χ1v) is 8.43. The van der Waals surface area contributed by atoms with Crippen molar-refractivity contribution in [3.63, 3.8) is 0 Å². The van der Waals surface area contributed by atoms with Crippen LogP contribution in [-0.2, 0) is 6.42 Å². The molecule has 0 aliphatic carbocycles. The third-order valence-corrected chi connectivity index (χ3v) is 3.74. The number of hydrogen-bond acceptors (Lipinski definition) is 2. The minimum atomic E-state index is 0.300. The maximum Gasteiger partial charge on any atom is 0.171 e. The molecule has 0 spiro atoms. The zero-order valence-electron chi connectivity index (χ0n) is 13.7. The molecule has 0 bridgehead atoms. The summed E-state index contributed by atoms with van der Waals surface area (Å²) in [7, 11) is 0. The lowest BCUT2D eigenvalue weighted by Gasteiger charge is -2.18. The number of benzene rings is 2. The molecular formula is C19H24N2OS. The van der Waals surface area contributed by atoms with Crippen LogP contribution < -0.4 is 15.4 Å². The fraction of sp³-hybridized carbons (Fsp3) is 0.316. The van der Waals surface area contributed by atoms with E-state index in [4.69, 9.17) is 17.0 Å². The molecule has 0 saturated heterocycles. The van der Waals surface area contributed by atoms with Crippen LogP contribution in [0.15, 0.2) is 54.6 Å². The van der Waals surface area contributed by atoms with E-state index < -0.39 is 0 Å². The zero-order chi connectivity index (χ0) is 16.5. The Kier molecular flexibility index (Phi) is 6.88. The van der Waals surface area contributed by atoms with E-state index in [1.165, 1.54) is 5.56 Å². The Morgan fingerprint density at radius 3 is 2.52 bits per heavy atom. The molecule has 0 radical (unpaired) electrons. The standard InChI is InChI=1S/C19H24N2OS/c1-3-22-18-12-8-7-11-17(18)21-19(23)20-15(2)13-14-16-9-5-4-6-10-16/h4-12,15H,3,13-14H2,1-2H3,(H2,20,21,23)/t15-/m0/s1. The van der Waals surface area contributed by atoms with Crippen molar-refractivity contribution < 1.29 is 4.74 Å². The lowest BCUT2D eigenvalue weighted by molar-refractivity contribution is 0.342. The molecule has 2 N–H and O–H groups in total. The topological polar surface area (TPSA) is 33.3 Å². The average Bonchev–Trinajstić information content (AvgIpc) is 2.56. The summed E-state index contributed by atoms with van der Waals surface area (Å²) in [4.78, 5) is 0. The first-order valence-electron chi connectivity index (χ1n) is 8.02. The fourth-order valence-electron chi connectivity index (χ4n) is 2.33. The van der Waals surface area contributed by atoms with E-state index in [2.05, 4.69) is 41.8 Å². The van der Waals surface area contributed by atoms with Gasteiger partial charge >= 0.3 is 0 Å². The minimum Gasteiger partial charge on any atom is -0.492 e. The molecule has 0 heterocycles. The van der Waals surface area contributed by atoms with Gasteiger partial charge in [0.15, 0.2) is 5.11 Å². The Labute approximate surface area is 144 Å². The van der Waals surface area contributed by atoms with Crippen molar-refractivity contribution in [3.05, 3.63) is 60.2 Å². The number of thiocarbonyl (C=S) groups is 1. The van der Waals surface area contributed by atoms with Gasteiger partial charge in [0.2, 0.25) is 0 Å². The van der Waals surface area contributed by atoms with Gasteiger partial charge in [-0.1, -0.05) is 42.5 Å². The predicted molar refractivity (Wildman–Crippen MR) is 101 cm³/mol. The lowest BCUT2D eigenvalue weighted by Crippen LogP contribution is -2.36. The van der Waals surface area contributed by atoms with Crippen LogP contribution in [0.4, 0.5) is 5.69 Å². The maximum absolute atomic E-state index is 5.60. The molecule has 0 amide bonds. The smallest absolute Gasteiger partial charge is 0.171 e. The molecule has 122 valence electrons. The summed E-state index contributed by atoms with van der Waals surface area (Å²) in [6.45, 7) is 4.75. The third-order valence-electron chi connectivity index (χ3n) is 3.52. The van der Waals surface area contributed by atoms with Crippen LogP contribution in [0.3, 0.4) is 0 Å². The number of nitrogens with one attached hydrogen (secondary N) is 2. The van der Waals surface area contributed by atoms with Gasteiger partial charge in [-0.2, -0.15) is 0 Å². The number of anilines is 1. The summed E-state index contributed by atoms with van der Waals surface area (Å²) in [5.74, 6) is 0.816. The first kappa shape index (κ1) is 17.3. The van der Waals surface area contributed by atoms with Gasteiger partial charge in [0, 0.05) is 6.04 Å². The Bertz CT molecular complexity index is 616. The fourth-order valence-corrected chi connectivity index (χ4v) is 2.64. The maximum atomic E-state index is 5.60. The Morgan fingerprint density at radius 1 is 1.09 bits per heavy atom. The summed E-state index contributed by atoms with van der Waals surface area (Å²) in [5.41, 5.74) is 2.24. The normalized spacial score (nSPS) is 11.6. The number of rotatable bonds is 7. The molecule has 0 aromatic heterocycles. The highest BCUT2D eigenvalue weighted by Gasteiger charge is 2.07. The average molecular weight is 328 g/mol. The van der Waals surface area contributed by atoms with Crippen molar-refractivity contribution in [1.82, 2.24) is 5.32 Å². The highest BCUT2D eigenvalue weighted by molar-refractivity contribution is 7.80. The van der Waals surface area contributed by atoms with E-state index in [-0.39, 0.29) is 0 Å². The summed E-state index contributed by atoms with van der Waals surface area (Å²) in [6.07, 6.45) is 2.06. The van der Waals surface area contributed by atoms with Crippen molar-refractivity contribution in [2.45, 2.75) is 32.7 Å². The lowest BCUT2D eigenvalue weighted by atomic mass is 10.1. The van der Waals surface area contributed by atoms with Crippen LogP contribution in [0.1, 0.15) is 25.8 Å². The molecule has 0 unspecified atom stereocenters. The van der Waals surface area contributed by atoms with Gasteiger partial charge in [-0.05, 0) is 56.6 Å². The van der Waals surface area contributed by atoms with Crippen LogP contribution in [0.25, 0.3) is 0 Å². The molecule has 1 atom stereocenters. The molecular weight excluding hydrogens is 304 g/mol. The first-order chi connectivity index (χ1) is 11.2. The summed E-state index contributed by atoms with van der Waals surface area (Å²) >= 11 is 5.41. The molecule has 3 nitrogen and oxygen atoms in total. The molecule has 0 fully saturated rings. The second-order valence-corrected chi connectivity index (χ2v) is 5.86. The van der Waals surface area contributed by atoms with Crippen molar-refractivity contribution in [2.24, 2.45) is 0 Å². The second-order valence-electron chi connectivity index (χ2n) is 5.45. The molecule has 2 rings (SSSR count). The number of ether oxygens (including phenoxy) is 1. The summed E-state index contributed by atoms with van der Waals surface area (Å²) < 4.78 is 5.60. The highest BCUT2D eigenvalue weighted by atomic mass is 32.1. The van der Waals surface area contributed by atoms with E-state index in [1.807, 2.05) is 37.3 Å². The number of aryl methyl sites for hydroxylation is 1. The van der Waals surface area contributed by atoms with Crippen molar-refractivity contribution in [1.29, 1.82) is 0 Å². The van der Waals surface area contributed by atoms with Crippen molar-refractivity contribution in [3.8, 4) is 5.75 Å². The van der Waals surface area contributed by atoms with Gasteiger partial charge in [-0.3, -0.25) is 0 Å². The molecule has 4 heteroatoms. The van der Waals surface area contributed by atoms with Gasteiger partial charge in [0.25, 0.3) is 0 Å². The third kappa shape index (κ3) is 5.91. The van der Waals surface area contributed by atoms with Gasteiger partial charge < -0.3 is 15.4 Å². The van der Waals surface area contributed by atoms with Gasteiger partial charge in [0.05, 0.1) is 12.3 Å². The summed E-state index contributed by atoms with van der Waals surface area (Å²) in [6, 6.07) is 18.6. The van der Waals surface area contributed by atoms with Crippen molar-refractivity contribution >= 4 is 23.0 Å². The molecule has 0 saturated carbocycles. The second kappa shape index (κ2) is 9.16. The Hall–Kier alpha value is -2.07. The quantitative estimate of drug-likeness (QED) is 0.739. The summed E-state index contributed by atoms with van der Waals surface area (Å²) in [5, 5.41) is 7.18. The zero-order valence-corrected chi connectivity index (χ0v) is 14.5. The molecule has 2 aromatic rings. The SMILES string of the molecule is CCOc1ccccc1NC(=S)N[C@@H](C)CCc1ccccc1. The Balaban J connectivity index is 1.82. The number of hydrogen-bond donors (Lipinski definition) is 2. The van der Waals surface area contributed by atoms with Crippen LogP contribution >= 0.6 is 12.2 Å². The number of para-hydroxylation sites is 2. The van der Waals surface area contributed by atoms with Gasteiger partial charge in [0.1, 0.15) is 5.75 Å². The van der Waals surface area contributed by atoms with E-state index >= 15 is 0 Å². The van der Waals surface area contributed by atoms with Crippen LogP contribution in [0, 0.1) is 0 Å². The minimum absolute atomic E-state index is 0.300. The van der Waals surface area contributed by atoms with Crippen LogP contribution in [0.2, 0.25) is 0 Å². The van der Waals surface area contributed by atoms with E-state index in [1.54, 1.807) is 0 Å². The van der Waals surface area contributed by atoms with Crippen LogP contribution in [0.5, 0.6) is 5.75 Å². The van der Waals surface area contributed by atoms with Gasteiger partial charge in [-0.15, -0.1) is 0 Å². The molecule has 2 aromatic carbocycles. The van der Waals surface area contributed by atoms with E-state index in [0.29, 0.717) is 17.8 Å². The highest BCUT2D eigenvalue weighted by Crippen LogP contribution is 2.23. The predicted octanol–water partition coefficient (Wildman–Crippen LogP) is 4.39. The van der Waals surface area contributed by atoms with Gasteiger partial charge in [-0.25, -0.2) is 0 Å². The van der Waals surface area contributed by atoms with E-state index in [9.17, 15) is 0 Å².